The van der Waals surface area contributed by atoms with Crippen molar-refractivity contribution in [2.45, 2.75) is 25.3 Å². The summed E-state index contributed by atoms with van der Waals surface area (Å²) >= 11 is 0. The van der Waals surface area contributed by atoms with Crippen LogP contribution in [0.4, 0.5) is 0 Å². The topological polar surface area (TPSA) is 69.6 Å². The molecule has 0 radical (unpaired) electrons. The Morgan fingerprint density at radius 2 is 2.12 bits per heavy atom. The minimum atomic E-state index is -0.270. The zero-order valence-electron chi connectivity index (χ0n) is 9.60. The molecule has 3 N–H and O–H groups in total. The monoisotopic (exact) mass is 235 g/mol. The molecular formula is C13H17NO3. The molecule has 1 atom stereocenters. The number of phenols is 1. The summed E-state index contributed by atoms with van der Waals surface area (Å²) in [5.41, 5.74) is 0.288. The maximum Gasteiger partial charge on any atom is 0.255 e. The number of amides is 1. The van der Waals surface area contributed by atoms with E-state index in [1.54, 1.807) is 18.2 Å². The standard InChI is InChI=1S/C13H17NO3/c15-8-7-11(9-5-6-9)14-13(17)10-3-1-2-4-12(10)16/h1-4,9,11,15-16H,5-8H2,(H,14,17). The van der Waals surface area contributed by atoms with Gasteiger partial charge in [-0.2, -0.15) is 0 Å². The zero-order valence-corrected chi connectivity index (χ0v) is 9.60. The third-order valence-electron chi connectivity index (χ3n) is 3.10. The summed E-state index contributed by atoms with van der Waals surface area (Å²) in [7, 11) is 0. The van der Waals surface area contributed by atoms with Gasteiger partial charge < -0.3 is 15.5 Å². The van der Waals surface area contributed by atoms with E-state index in [1.165, 1.54) is 6.07 Å². The molecule has 1 amide bonds. The number of hydrogen-bond donors (Lipinski definition) is 3. The highest BCUT2D eigenvalue weighted by molar-refractivity contribution is 5.96. The molecule has 17 heavy (non-hydrogen) atoms. The highest BCUT2D eigenvalue weighted by Crippen LogP contribution is 2.34. The molecule has 1 unspecified atom stereocenters. The Morgan fingerprint density at radius 1 is 1.41 bits per heavy atom. The lowest BCUT2D eigenvalue weighted by Gasteiger charge is -2.17. The number of carbonyl (C=O) groups excluding carboxylic acids is 1. The molecule has 0 aliphatic heterocycles. The number of para-hydroxylation sites is 1. The van der Waals surface area contributed by atoms with E-state index < -0.39 is 0 Å². The molecule has 4 nitrogen and oxygen atoms in total. The summed E-state index contributed by atoms with van der Waals surface area (Å²) in [6.07, 6.45) is 2.78. The lowest BCUT2D eigenvalue weighted by molar-refractivity contribution is 0.0921. The van der Waals surface area contributed by atoms with Crippen LogP contribution < -0.4 is 5.32 Å². The number of carbonyl (C=O) groups is 1. The predicted molar refractivity (Wildman–Crippen MR) is 63.8 cm³/mol. The molecule has 2 rings (SSSR count). The SMILES string of the molecule is O=C(NC(CCO)C1CC1)c1ccccc1O. The van der Waals surface area contributed by atoms with Crippen molar-refractivity contribution in [3.63, 3.8) is 0 Å². The number of hydrogen-bond acceptors (Lipinski definition) is 3. The van der Waals surface area contributed by atoms with Crippen LogP contribution in [0, 0.1) is 5.92 Å². The molecule has 0 bridgehead atoms. The van der Waals surface area contributed by atoms with E-state index >= 15 is 0 Å². The van der Waals surface area contributed by atoms with E-state index in [-0.39, 0.29) is 29.9 Å². The van der Waals surface area contributed by atoms with Crippen LogP contribution in [0.3, 0.4) is 0 Å². The molecule has 1 aliphatic carbocycles. The molecule has 92 valence electrons. The second kappa shape index (κ2) is 5.19. The van der Waals surface area contributed by atoms with Crippen LogP contribution in [0.2, 0.25) is 0 Å². The summed E-state index contributed by atoms with van der Waals surface area (Å²) in [6.45, 7) is 0.0716. The van der Waals surface area contributed by atoms with E-state index in [4.69, 9.17) is 5.11 Å². The molecule has 4 heteroatoms. The molecule has 1 saturated carbocycles. The van der Waals surface area contributed by atoms with Gasteiger partial charge in [-0.25, -0.2) is 0 Å². The van der Waals surface area contributed by atoms with Crippen molar-refractivity contribution in [3.8, 4) is 5.75 Å². The Labute approximate surface area is 100 Å². The average Bonchev–Trinajstić information content (AvgIpc) is 3.12. The van der Waals surface area contributed by atoms with Gasteiger partial charge in [-0.1, -0.05) is 12.1 Å². The summed E-state index contributed by atoms with van der Waals surface area (Å²) < 4.78 is 0. The Hall–Kier alpha value is -1.55. The van der Waals surface area contributed by atoms with Gasteiger partial charge in [0.2, 0.25) is 0 Å². The lowest BCUT2D eigenvalue weighted by Crippen LogP contribution is -2.37. The Morgan fingerprint density at radius 3 is 2.71 bits per heavy atom. The summed E-state index contributed by atoms with van der Waals surface area (Å²) in [4.78, 5) is 11.9. The van der Waals surface area contributed by atoms with Crippen LogP contribution in [0.1, 0.15) is 29.6 Å². The predicted octanol–water partition coefficient (Wildman–Crippen LogP) is 1.28. The molecular weight excluding hydrogens is 218 g/mol. The normalized spacial score (nSPS) is 16.5. The molecule has 1 aromatic rings. The fraction of sp³-hybridized carbons (Fsp3) is 0.462. The third-order valence-corrected chi connectivity index (χ3v) is 3.10. The second-order valence-electron chi connectivity index (χ2n) is 4.45. The average molecular weight is 235 g/mol. The number of rotatable bonds is 5. The Balaban J connectivity index is 2.02. The van der Waals surface area contributed by atoms with Gasteiger partial charge in [0.1, 0.15) is 5.75 Å². The van der Waals surface area contributed by atoms with Crippen molar-refractivity contribution in [2.75, 3.05) is 6.61 Å². The number of aliphatic hydroxyl groups is 1. The van der Waals surface area contributed by atoms with E-state index in [0.29, 0.717) is 12.3 Å². The summed E-state index contributed by atoms with van der Waals surface area (Å²) in [5, 5.41) is 21.4. The lowest BCUT2D eigenvalue weighted by atomic mass is 10.1. The first-order valence-electron chi connectivity index (χ1n) is 5.92. The van der Waals surface area contributed by atoms with Gasteiger partial charge in [0.05, 0.1) is 5.56 Å². The molecule has 1 aliphatic rings. The van der Waals surface area contributed by atoms with Crippen LogP contribution in [0.25, 0.3) is 0 Å². The van der Waals surface area contributed by atoms with Crippen LogP contribution in [0.5, 0.6) is 5.75 Å². The quantitative estimate of drug-likeness (QED) is 0.720. The Kier molecular flexibility index (Phi) is 3.64. The number of aliphatic hydroxyl groups excluding tert-OH is 1. The molecule has 0 saturated heterocycles. The van der Waals surface area contributed by atoms with Crippen LogP contribution >= 0.6 is 0 Å². The molecule has 1 aromatic carbocycles. The highest BCUT2D eigenvalue weighted by Gasteiger charge is 2.32. The van der Waals surface area contributed by atoms with Gasteiger partial charge in [-0.05, 0) is 37.3 Å². The van der Waals surface area contributed by atoms with E-state index in [0.717, 1.165) is 12.8 Å². The minimum Gasteiger partial charge on any atom is -0.507 e. The van der Waals surface area contributed by atoms with Gasteiger partial charge >= 0.3 is 0 Å². The molecule has 0 aromatic heterocycles. The Bertz CT molecular complexity index is 401. The summed E-state index contributed by atoms with van der Waals surface area (Å²) in [5.74, 6) is 0.203. The number of benzene rings is 1. The maximum atomic E-state index is 11.9. The van der Waals surface area contributed by atoms with E-state index in [2.05, 4.69) is 5.32 Å². The van der Waals surface area contributed by atoms with Gasteiger partial charge in [-0.15, -0.1) is 0 Å². The van der Waals surface area contributed by atoms with E-state index in [9.17, 15) is 9.90 Å². The largest absolute Gasteiger partial charge is 0.507 e. The van der Waals surface area contributed by atoms with Crippen LogP contribution in [-0.2, 0) is 0 Å². The van der Waals surface area contributed by atoms with Crippen molar-refractivity contribution >= 4 is 5.91 Å². The second-order valence-corrected chi connectivity index (χ2v) is 4.45. The van der Waals surface area contributed by atoms with Crippen molar-refractivity contribution in [2.24, 2.45) is 5.92 Å². The number of phenolic OH excluding ortho intramolecular Hbond substituents is 1. The zero-order chi connectivity index (χ0) is 12.3. The van der Waals surface area contributed by atoms with Crippen molar-refractivity contribution < 1.29 is 15.0 Å². The molecule has 0 heterocycles. The number of nitrogens with one attached hydrogen (secondary N) is 1. The fourth-order valence-corrected chi connectivity index (χ4v) is 1.98. The minimum absolute atomic E-state index is 0.0106. The first kappa shape index (κ1) is 11.9. The fourth-order valence-electron chi connectivity index (χ4n) is 1.98. The van der Waals surface area contributed by atoms with Crippen molar-refractivity contribution in [3.05, 3.63) is 29.8 Å². The third kappa shape index (κ3) is 2.97. The molecule has 0 spiro atoms. The first-order valence-corrected chi connectivity index (χ1v) is 5.92. The maximum absolute atomic E-state index is 11.9. The van der Waals surface area contributed by atoms with Gasteiger partial charge in [0, 0.05) is 12.6 Å². The first-order chi connectivity index (χ1) is 8.22. The van der Waals surface area contributed by atoms with Crippen LogP contribution in [-0.4, -0.2) is 28.8 Å². The van der Waals surface area contributed by atoms with Crippen LogP contribution in [0.15, 0.2) is 24.3 Å². The number of aromatic hydroxyl groups is 1. The van der Waals surface area contributed by atoms with Gasteiger partial charge in [0.15, 0.2) is 0 Å². The smallest absolute Gasteiger partial charge is 0.255 e. The van der Waals surface area contributed by atoms with Gasteiger partial charge in [-0.3, -0.25) is 4.79 Å². The van der Waals surface area contributed by atoms with Gasteiger partial charge in [0.25, 0.3) is 5.91 Å². The van der Waals surface area contributed by atoms with Crippen molar-refractivity contribution in [1.82, 2.24) is 5.32 Å². The summed E-state index contributed by atoms with van der Waals surface area (Å²) in [6, 6.07) is 6.50. The highest BCUT2D eigenvalue weighted by atomic mass is 16.3. The van der Waals surface area contributed by atoms with Crippen molar-refractivity contribution in [1.29, 1.82) is 0 Å². The van der Waals surface area contributed by atoms with E-state index in [1.807, 2.05) is 0 Å². The molecule has 1 fully saturated rings.